The number of benzene rings is 1. The number of H-pyrrole nitrogens is 1. The molecule has 4 nitrogen and oxygen atoms in total. The average molecular weight is 271 g/mol. The van der Waals surface area contributed by atoms with Crippen LogP contribution in [-0.2, 0) is 5.41 Å². The van der Waals surface area contributed by atoms with E-state index in [1.807, 2.05) is 12.1 Å². The van der Waals surface area contributed by atoms with Gasteiger partial charge in [0.25, 0.3) is 0 Å². The van der Waals surface area contributed by atoms with E-state index >= 15 is 0 Å². The van der Waals surface area contributed by atoms with Crippen LogP contribution < -0.4 is 11.4 Å². The minimum absolute atomic E-state index is 0.107. The zero-order valence-electron chi connectivity index (χ0n) is 11.6. The summed E-state index contributed by atoms with van der Waals surface area (Å²) < 4.78 is 1.61. The first kappa shape index (κ1) is 13.2. The summed E-state index contributed by atoms with van der Waals surface area (Å²) in [5.74, 6) is 0. The first-order valence-electron chi connectivity index (χ1n) is 7.32. The van der Waals surface area contributed by atoms with E-state index in [1.165, 1.54) is 37.7 Å². The molecule has 0 radical (unpaired) electrons. The van der Waals surface area contributed by atoms with Crippen LogP contribution in [0.15, 0.2) is 41.5 Å². The van der Waals surface area contributed by atoms with E-state index in [9.17, 15) is 4.79 Å². The van der Waals surface area contributed by atoms with Crippen molar-refractivity contribution in [2.45, 2.75) is 37.5 Å². The predicted octanol–water partition coefficient (Wildman–Crippen LogP) is 2.33. The molecule has 3 N–H and O–H groups in total. The van der Waals surface area contributed by atoms with Gasteiger partial charge in [-0.2, -0.15) is 0 Å². The highest BCUT2D eigenvalue weighted by Crippen LogP contribution is 2.38. The third-order valence-electron chi connectivity index (χ3n) is 4.61. The van der Waals surface area contributed by atoms with Crippen LogP contribution >= 0.6 is 0 Å². The van der Waals surface area contributed by atoms with Gasteiger partial charge >= 0.3 is 5.69 Å². The second-order valence-electron chi connectivity index (χ2n) is 5.73. The van der Waals surface area contributed by atoms with Crippen LogP contribution in [0.2, 0.25) is 0 Å². The smallest absolute Gasteiger partial charge is 0.330 e. The highest BCUT2D eigenvalue weighted by Gasteiger charge is 2.32. The molecule has 1 aromatic heterocycles. The van der Waals surface area contributed by atoms with Gasteiger partial charge in [-0.1, -0.05) is 31.4 Å². The second kappa shape index (κ2) is 5.29. The van der Waals surface area contributed by atoms with Gasteiger partial charge in [-0.25, -0.2) is 4.79 Å². The summed E-state index contributed by atoms with van der Waals surface area (Å²) in [5.41, 5.74) is 8.30. The SMILES string of the molecule is NCC1(c2ccc(-n3cc[nH]c3=O)cc2)CCCCC1. The van der Waals surface area contributed by atoms with Crippen LogP contribution in [0.5, 0.6) is 0 Å². The van der Waals surface area contributed by atoms with E-state index in [4.69, 9.17) is 5.73 Å². The number of nitrogens with one attached hydrogen (secondary N) is 1. The number of rotatable bonds is 3. The predicted molar refractivity (Wildman–Crippen MR) is 80.2 cm³/mol. The first-order chi connectivity index (χ1) is 9.75. The first-order valence-corrected chi connectivity index (χ1v) is 7.32. The number of imidazole rings is 1. The molecule has 0 unspecified atom stereocenters. The largest absolute Gasteiger partial charge is 0.330 e. The van der Waals surface area contributed by atoms with Crippen LogP contribution in [-0.4, -0.2) is 16.1 Å². The number of hydrogen-bond donors (Lipinski definition) is 2. The van der Waals surface area contributed by atoms with Crippen LogP contribution in [0.1, 0.15) is 37.7 Å². The number of aromatic nitrogens is 2. The van der Waals surface area contributed by atoms with Crippen LogP contribution in [0.25, 0.3) is 5.69 Å². The third-order valence-corrected chi connectivity index (χ3v) is 4.61. The Hall–Kier alpha value is -1.81. The number of aromatic amines is 1. The van der Waals surface area contributed by atoms with Gasteiger partial charge < -0.3 is 10.7 Å². The molecule has 1 saturated carbocycles. The molecule has 1 aliphatic carbocycles. The molecule has 20 heavy (non-hydrogen) atoms. The number of nitrogens with two attached hydrogens (primary N) is 1. The van der Waals surface area contributed by atoms with Crippen molar-refractivity contribution >= 4 is 0 Å². The van der Waals surface area contributed by atoms with Crippen molar-refractivity contribution in [1.82, 2.24) is 9.55 Å². The van der Waals surface area contributed by atoms with Gasteiger partial charge in [-0.15, -0.1) is 0 Å². The molecular weight excluding hydrogens is 250 g/mol. The minimum atomic E-state index is -0.107. The molecule has 0 bridgehead atoms. The summed E-state index contributed by atoms with van der Waals surface area (Å²) in [6.07, 6.45) is 9.58. The molecule has 0 atom stereocenters. The molecule has 0 spiro atoms. The fraction of sp³-hybridized carbons (Fsp3) is 0.438. The summed E-state index contributed by atoms with van der Waals surface area (Å²) >= 11 is 0. The Morgan fingerprint density at radius 1 is 1.15 bits per heavy atom. The maximum Gasteiger partial charge on any atom is 0.330 e. The zero-order valence-corrected chi connectivity index (χ0v) is 11.6. The van der Waals surface area contributed by atoms with E-state index in [1.54, 1.807) is 17.0 Å². The molecule has 1 heterocycles. The summed E-state index contributed by atoms with van der Waals surface area (Å²) in [6, 6.07) is 8.28. The monoisotopic (exact) mass is 271 g/mol. The molecule has 0 aliphatic heterocycles. The van der Waals surface area contributed by atoms with Crippen LogP contribution in [0.4, 0.5) is 0 Å². The molecule has 1 aliphatic rings. The zero-order chi connectivity index (χ0) is 14.0. The van der Waals surface area contributed by atoms with Gasteiger partial charge in [0.15, 0.2) is 0 Å². The Bertz CT molecular complexity index is 618. The van der Waals surface area contributed by atoms with Crippen molar-refractivity contribution in [3.63, 3.8) is 0 Å². The number of hydrogen-bond acceptors (Lipinski definition) is 2. The topological polar surface area (TPSA) is 63.8 Å². The van der Waals surface area contributed by atoms with Gasteiger partial charge in [0.05, 0.1) is 5.69 Å². The maximum absolute atomic E-state index is 11.6. The molecule has 3 rings (SSSR count). The highest BCUT2D eigenvalue weighted by atomic mass is 16.1. The van der Waals surface area contributed by atoms with Gasteiger partial charge in [0.2, 0.25) is 0 Å². The van der Waals surface area contributed by atoms with E-state index < -0.39 is 0 Å². The fourth-order valence-corrected chi connectivity index (χ4v) is 3.34. The quantitative estimate of drug-likeness (QED) is 0.900. The van der Waals surface area contributed by atoms with Gasteiger partial charge in [-0.05, 0) is 30.5 Å². The van der Waals surface area contributed by atoms with Crippen molar-refractivity contribution in [2.75, 3.05) is 6.54 Å². The van der Waals surface area contributed by atoms with Crippen molar-refractivity contribution < 1.29 is 0 Å². The van der Waals surface area contributed by atoms with Crippen molar-refractivity contribution in [1.29, 1.82) is 0 Å². The van der Waals surface area contributed by atoms with E-state index in [2.05, 4.69) is 17.1 Å². The lowest BCUT2D eigenvalue weighted by Crippen LogP contribution is -2.37. The van der Waals surface area contributed by atoms with Gasteiger partial charge in [0.1, 0.15) is 0 Å². The van der Waals surface area contributed by atoms with E-state index in [0.29, 0.717) is 6.54 Å². The normalized spacial score (nSPS) is 18.1. The Morgan fingerprint density at radius 3 is 2.40 bits per heavy atom. The third kappa shape index (κ3) is 2.20. The number of nitrogens with zero attached hydrogens (tertiary/aromatic N) is 1. The minimum Gasteiger partial charge on any atom is -0.330 e. The lowest BCUT2D eigenvalue weighted by atomic mass is 9.69. The Balaban J connectivity index is 1.93. The Labute approximate surface area is 118 Å². The second-order valence-corrected chi connectivity index (χ2v) is 5.73. The van der Waals surface area contributed by atoms with E-state index in [-0.39, 0.29) is 11.1 Å². The van der Waals surface area contributed by atoms with E-state index in [0.717, 1.165) is 5.69 Å². The Kier molecular flexibility index (Phi) is 3.49. The van der Waals surface area contributed by atoms with Gasteiger partial charge in [-0.3, -0.25) is 4.57 Å². The Morgan fingerprint density at radius 2 is 1.85 bits per heavy atom. The molecule has 2 aromatic rings. The molecule has 106 valence electrons. The molecule has 4 heteroatoms. The molecule has 0 amide bonds. The molecule has 0 saturated heterocycles. The van der Waals surface area contributed by atoms with Crippen molar-refractivity contribution in [2.24, 2.45) is 5.73 Å². The maximum atomic E-state index is 11.6. The standard InChI is InChI=1S/C16H21N3O/c17-12-16(8-2-1-3-9-16)13-4-6-14(7-5-13)19-11-10-18-15(19)20/h4-7,10-11H,1-3,8-9,12,17H2,(H,18,20). The summed E-state index contributed by atoms with van der Waals surface area (Å²) in [7, 11) is 0. The lowest BCUT2D eigenvalue weighted by molar-refractivity contribution is 0.301. The highest BCUT2D eigenvalue weighted by molar-refractivity contribution is 5.38. The summed E-state index contributed by atoms with van der Waals surface area (Å²) in [5, 5.41) is 0. The molecular formula is C16H21N3O. The molecule has 1 aromatic carbocycles. The summed E-state index contributed by atoms with van der Waals surface area (Å²) in [6.45, 7) is 0.705. The lowest BCUT2D eigenvalue weighted by Gasteiger charge is -2.37. The van der Waals surface area contributed by atoms with Crippen molar-refractivity contribution in [3.8, 4) is 5.69 Å². The summed E-state index contributed by atoms with van der Waals surface area (Å²) in [4.78, 5) is 14.3. The van der Waals surface area contributed by atoms with Crippen LogP contribution in [0, 0.1) is 0 Å². The molecule has 1 fully saturated rings. The van der Waals surface area contributed by atoms with Crippen molar-refractivity contribution in [3.05, 3.63) is 52.7 Å². The van der Waals surface area contributed by atoms with Crippen LogP contribution in [0.3, 0.4) is 0 Å². The van der Waals surface area contributed by atoms with Gasteiger partial charge in [0, 0.05) is 24.4 Å². The average Bonchev–Trinajstić information content (AvgIpc) is 2.94. The fourth-order valence-electron chi connectivity index (χ4n) is 3.34.